The van der Waals surface area contributed by atoms with Crippen LogP contribution in [-0.2, 0) is 0 Å². The second-order valence-corrected chi connectivity index (χ2v) is 3.53. The van der Waals surface area contributed by atoms with Gasteiger partial charge in [-0.15, -0.1) is 0 Å². The topological polar surface area (TPSA) is 17.1 Å². The molecule has 0 heterocycles. The van der Waals surface area contributed by atoms with Crippen LogP contribution in [0.2, 0.25) is 0 Å². The molecule has 2 aromatic rings. The monoisotopic (exact) mass is 182 g/mol. The van der Waals surface area contributed by atoms with Crippen molar-refractivity contribution in [2.45, 2.75) is 6.92 Å². The van der Waals surface area contributed by atoms with Crippen molar-refractivity contribution in [1.29, 1.82) is 0 Å². The number of Topliss-reactive ketones (excluding diaryl/α,β-unsaturated/α-hetero) is 1. The average molecular weight is 182 g/mol. The summed E-state index contributed by atoms with van der Waals surface area (Å²) in [6.45, 7) is 1.62. The van der Waals surface area contributed by atoms with E-state index in [2.05, 4.69) is 6.07 Å². The van der Waals surface area contributed by atoms with Crippen LogP contribution in [0.5, 0.6) is 0 Å². The molecule has 14 heavy (non-hydrogen) atoms. The fourth-order valence-corrected chi connectivity index (χ4v) is 1.85. The zero-order chi connectivity index (χ0) is 10.1. The fraction of sp³-hybridized carbons (Fsp3) is 0.0833. The first-order valence-corrected chi connectivity index (χ1v) is 4.69. The molecule has 0 amide bonds. The molecule has 2 rings (SSSR count). The van der Waals surface area contributed by atoms with Gasteiger partial charge in [0.15, 0.2) is 5.78 Å². The van der Waals surface area contributed by atoms with Crippen molar-refractivity contribution < 1.29 is 4.79 Å². The molecular formula is C12H11BO. The third-order valence-corrected chi connectivity index (χ3v) is 2.49. The normalized spacial score (nSPS) is 10.4. The second kappa shape index (κ2) is 3.30. The molecule has 0 atom stereocenters. The Morgan fingerprint density at radius 2 is 1.86 bits per heavy atom. The summed E-state index contributed by atoms with van der Waals surface area (Å²) < 4.78 is 0. The molecule has 0 unspecified atom stereocenters. The van der Waals surface area contributed by atoms with E-state index in [9.17, 15) is 4.79 Å². The number of hydrogen-bond donors (Lipinski definition) is 0. The number of carbonyl (C=O) groups is 1. The number of rotatable bonds is 1. The molecule has 0 saturated carbocycles. The third kappa shape index (κ3) is 1.33. The van der Waals surface area contributed by atoms with E-state index in [0.717, 1.165) is 21.8 Å². The number of carbonyl (C=O) groups excluding carboxylic acids is 1. The first-order valence-electron chi connectivity index (χ1n) is 4.69. The molecule has 0 fully saturated rings. The van der Waals surface area contributed by atoms with Gasteiger partial charge in [-0.2, -0.15) is 0 Å². The number of benzene rings is 2. The van der Waals surface area contributed by atoms with E-state index < -0.39 is 0 Å². The Bertz CT molecular complexity index is 503. The second-order valence-electron chi connectivity index (χ2n) is 3.53. The van der Waals surface area contributed by atoms with Crippen molar-refractivity contribution in [3.63, 3.8) is 0 Å². The van der Waals surface area contributed by atoms with Gasteiger partial charge in [0, 0.05) is 5.56 Å². The van der Waals surface area contributed by atoms with Gasteiger partial charge >= 0.3 is 0 Å². The summed E-state index contributed by atoms with van der Waals surface area (Å²) in [6.07, 6.45) is 0. The van der Waals surface area contributed by atoms with Crippen LogP contribution in [0.3, 0.4) is 0 Å². The predicted octanol–water partition coefficient (Wildman–Crippen LogP) is 1.30. The van der Waals surface area contributed by atoms with E-state index in [-0.39, 0.29) is 5.78 Å². The molecule has 68 valence electrons. The maximum Gasteiger partial charge on any atom is 0.159 e. The molecule has 0 aliphatic rings. The predicted molar refractivity (Wildman–Crippen MR) is 62.1 cm³/mol. The van der Waals surface area contributed by atoms with Gasteiger partial charge in [-0.1, -0.05) is 41.9 Å². The number of ketones is 1. The van der Waals surface area contributed by atoms with E-state index in [4.69, 9.17) is 0 Å². The van der Waals surface area contributed by atoms with E-state index in [1.807, 2.05) is 38.2 Å². The van der Waals surface area contributed by atoms with Crippen molar-refractivity contribution in [1.82, 2.24) is 0 Å². The van der Waals surface area contributed by atoms with Crippen molar-refractivity contribution >= 4 is 29.9 Å². The van der Waals surface area contributed by atoms with Crippen LogP contribution in [0.1, 0.15) is 17.3 Å². The van der Waals surface area contributed by atoms with Crippen LogP contribution in [-0.4, -0.2) is 13.6 Å². The minimum absolute atomic E-state index is 0.138. The molecule has 0 N–H and O–H groups in total. The largest absolute Gasteiger partial charge is 0.295 e. The maximum atomic E-state index is 11.5. The van der Waals surface area contributed by atoms with Crippen molar-refractivity contribution in [2.24, 2.45) is 0 Å². The van der Waals surface area contributed by atoms with Crippen molar-refractivity contribution in [3.05, 3.63) is 42.0 Å². The Balaban J connectivity index is 2.90. The van der Waals surface area contributed by atoms with Crippen LogP contribution in [0.15, 0.2) is 36.4 Å². The Morgan fingerprint density at radius 3 is 2.57 bits per heavy atom. The minimum atomic E-state index is 0.138. The highest BCUT2D eigenvalue weighted by atomic mass is 16.1. The highest BCUT2D eigenvalue weighted by Gasteiger charge is 2.07. The minimum Gasteiger partial charge on any atom is -0.295 e. The lowest BCUT2D eigenvalue weighted by atomic mass is 9.85. The molecule has 2 aromatic carbocycles. The maximum absolute atomic E-state index is 11.5. The van der Waals surface area contributed by atoms with E-state index in [0.29, 0.717) is 0 Å². The van der Waals surface area contributed by atoms with E-state index in [1.54, 1.807) is 6.92 Å². The lowest BCUT2D eigenvalue weighted by Gasteiger charge is -2.06. The van der Waals surface area contributed by atoms with Gasteiger partial charge in [0.2, 0.25) is 0 Å². The zero-order valence-electron chi connectivity index (χ0n) is 8.37. The van der Waals surface area contributed by atoms with Crippen LogP contribution in [0.25, 0.3) is 10.8 Å². The van der Waals surface area contributed by atoms with Gasteiger partial charge < -0.3 is 0 Å². The summed E-state index contributed by atoms with van der Waals surface area (Å²) in [5.74, 6) is 0.138. The lowest BCUT2D eigenvalue weighted by molar-refractivity contribution is 0.102. The molecule has 0 aliphatic heterocycles. The molecule has 2 heteroatoms. The fourth-order valence-electron chi connectivity index (χ4n) is 1.85. The Kier molecular flexibility index (Phi) is 2.12. The smallest absolute Gasteiger partial charge is 0.159 e. The van der Waals surface area contributed by atoms with Crippen LogP contribution < -0.4 is 5.46 Å². The summed E-state index contributed by atoms with van der Waals surface area (Å²) in [5.41, 5.74) is 1.90. The molecule has 0 radical (unpaired) electrons. The molecule has 0 aromatic heterocycles. The summed E-state index contributed by atoms with van der Waals surface area (Å²) in [7, 11) is 1.98. The van der Waals surface area contributed by atoms with Gasteiger partial charge in [-0.05, 0) is 17.7 Å². The van der Waals surface area contributed by atoms with Gasteiger partial charge in [0.1, 0.15) is 7.85 Å². The first-order chi connectivity index (χ1) is 6.70. The summed E-state index contributed by atoms with van der Waals surface area (Å²) in [4.78, 5) is 11.5. The van der Waals surface area contributed by atoms with Crippen LogP contribution >= 0.6 is 0 Å². The summed E-state index contributed by atoms with van der Waals surface area (Å²) in [5, 5.41) is 2.18. The molecule has 0 saturated heterocycles. The third-order valence-electron chi connectivity index (χ3n) is 2.49. The highest BCUT2D eigenvalue weighted by Crippen LogP contribution is 2.16. The Hall–Kier alpha value is -1.57. The van der Waals surface area contributed by atoms with Crippen LogP contribution in [0, 0.1) is 0 Å². The van der Waals surface area contributed by atoms with Gasteiger partial charge in [0.25, 0.3) is 0 Å². The standard InChI is InChI=1S/C12H11BO/c1-8(14)12-10-5-3-2-4-9(10)6-7-11(12)13/h2-7H,13H2,1H3. The molecule has 0 spiro atoms. The van der Waals surface area contributed by atoms with Crippen molar-refractivity contribution in [3.8, 4) is 0 Å². The summed E-state index contributed by atoms with van der Waals surface area (Å²) in [6, 6.07) is 12.0. The average Bonchev–Trinajstić information content (AvgIpc) is 2.17. The van der Waals surface area contributed by atoms with Gasteiger partial charge in [-0.3, -0.25) is 4.79 Å². The zero-order valence-corrected chi connectivity index (χ0v) is 8.37. The molecule has 0 aliphatic carbocycles. The first kappa shape index (κ1) is 9.01. The van der Waals surface area contributed by atoms with Gasteiger partial charge in [0.05, 0.1) is 0 Å². The SMILES string of the molecule is Bc1ccc2ccccc2c1C(C)=O. The van der Waals surface area contributed by atoms with Crippen LogP contribution in [0.4, 0.5) is 0 Å². The summed E-state index contributed by atoms with van der Waals surface area (Å²) >= 11 is 0. The van der Waals surface area contributed by atoms with E-state index in [1.165, 1.54) is 0 Å². The van der Waals surface area contributed by atoms with Crippen molar-refractivity contribution in [2.75, 3.05) is 0 Å². The Labute approximate surface area is 84.2 Å². The molecule has 0 bridgehead atoms. The van der Waals surface area contributed by atoms with Gasteiger partial charge in [-0.25, -0.2) is 0 Å². The van der Waals surface area contributed by atoms with E-state index >= 15 is 0 Å². The lowest BCUT2D eigenvalue weighted by Crippen LogP contribution is -2.14. The number of hydrogen-bond acceptors (Lipinski definition) is 1. The highest BCUT2D eigenvalue weighted by molar-refractivity contribution is 6.38. The molecule has 1 nitrogen and oxygen atoms in total. The quantitative estimate of drug-likeness (QED) is 0.479. The Morgan fingerprint density at radius 1 is 1.14 bits per heavy atom. The molecular weight excluding hydrogens is 171 g/mol. The number of fused-ring (bicyclic) bond motifs is 1.